The fourth-order valence-corrected chi connectivity index (χ4v) is 3.06. The van der Waals surface area contributed by atoms with Crippen LogP contribution in [0.25, 0.3) is 0 Å². The van der Waals surface area contributed by atoms with Crippen molar-refractivity contribution in [2.24, 2.45) is 0 Å². The molecule has 89 valence electrons. The molecule has 0 aromatic heterocycles. The second-order valence-corrected chi connectivity index (χ2v) is 4.92. The van der Waals surface area contributed by atoms with Gasteiger partial charge < -0.3 is 10.2 Å². The summed E-state index contributed by atoms with van der Waals surface area (Å²) in [5, 5.41) is 3.39. The lowest BCUT2D eigenvalue weighted by molar-refractivity contribution is 0.738. The smallest absolute Gasteiger partial charge is 0.0784 e. The Bertz CT molecular complexity index is 538. The van der Waals surface area contributed by atoms with Crippen LogP contribution >= 0.6 is 0 Å². The molecule has 2 aliphatic rings. The van der Waals surface area contributed by atoms with Crippen molar-refractivity contribution in [2.45, 2.75) is 12.5 Å². The minimum atomic E-state index is 0.366. The van der Waals surface area contributed by atoms with Gasteiger partial charge in [-0.25, -0.2) is 0 Å². The second kappa shape index (κ2) is 3.77. The number of fused-ring (bicyclic) bond motifs is 2. The number of para-hydroxylation sites is 2. The molecule has 0 fully saturated rings. The van der Waals surface area contributed by atoms with Gasteiger partial charge in [-0.05, 0) is 29.7 Å². The summed E-state index contributed by atoms with van der Waals surface area (Å²) in [5.74, 6) is 0. The van der Waals surface area contributed by atoms with Gasteiger partial charge >= 0.3 is 0 Å². The third kappa shape index (κ3) is 1.35. The van der Waals surface area contributed by atoms with E-state index in [1.54, 1.807) is 0 Å². The first-order valence-electron chi connectivity index (χ1n) is 6.47. The highest BCUT2D eigenvalue weighted by atomic mass is 15.2. The molecule has 0 bridgehead atoms. The van der Waals surface area contributed by atoms with E-state index in [-0.39, 0.29) is 0 Å². The molecular weight excluding hydrogens is 220 g/mol. The Morgan fingerprint density at radius 2 is 1.83 bits per heavy atom. The fraction of sp³-hybridized carbons (Fsp3) is 0.188. The predicted molar refractivity (Wildman–Crippen MR) is 74.6 cm³/mol. The number of hydrogen-bond acceptors (Lipinski definition) is 2. The Labute approximate surface area is 107 Å². The maximum absolute atomic E-state index is 3.39. The molecule has 1 atom stereocenters. The monoisotopic (exact) mass is 235 g/mol. The van der Waals surface area contributed by atoms with E-state index in [1.165, 1.54) is 22.5 Å². The molecule has 1 N–H and O–H groups in total. The summed E-state index contributed by atoms with van der Waals surface area (Å²) in [5.41, 5.74) is 5.48. The van der Waals surface area contributed by atoms with Crippen LogP contribution in [0, 0.1) is 6.54 Å². The fourth-order valence-electron chi connectivity index (χ4n) is 3.06. The van der Waals surface area contributed by atoms with E-state index in [2.05, 4.69) is 65.3 Å². The van der Waals surface area contributed by atoms with E-state index >= 15 is 0 Å². The van der Waals surface area contributed by atoms with Crippen LogP contribution < -0.4 is 10.2 Å². The van der Waals surface area contributed by atoms with Gasteiger partial charge in [-0.3, -0.25) is 0 Å². The molecule has 4 rings (SSSR count). The molecule has 2 nitrogen and oxygen atoms in total. The molecule has 1 radical (unpaired) electrons. The summed E-state index contributed by atoms with van der Waals surface area (Å²) < 4.78 is 0. The Hall–Kier alpha value is -1.96. The van der Waals surface area contributed by atoms with Crippen molar-refractivity contribution in [3.8, 4) is 0 Å². The Morgan fingerprint density at radius 1 is 1.00 bits per heavy atom. The van der Waals surface area contributed by atoms with Gasteiger partial charge in [-0.2, -0.15) is 0 Å². The first-order valence-corrected chi connectivity index (χ1v) is 6.47. The molecule has 2 aromatic carbocycles. The standard InChI is InChI=1S/C16H15N2/c1-4-8-15-12(5-1)9-10-18(15)16-11-17-14-7-3-2-6-13(14)16/h1-8,11,16-17H,9-10H2. The van der Waals surface area contributed by atoms with Crippen LogP contribution in [0.1, 0.15) is 17.2 Å². The normalized spacial score (nSPS) is 20.4. The van der Waals surface area contributed by atoms with Gasteiger partial charge in [0.1, 0.15) is 0 Å². The molecule has 2 heteroatoms. The molecule has 1 unspecified atom stereocenters. The van der Waals surface area contributed by atoms with E-state index in [0.29, 0.717) is 6.04 Å². The van der Waals surface area contributed by atoms with Gasteiger partial charge in [0.2, 0.25) is 0 Å². The van der Waals surface area contributed by atoms with Crippen LogP contribution in [-0.2, 0) is 6.42 Å². The highest BCUT2D eigenvalue weighted by Gasteiger charge is 2.31. The van der Waals surface area contributed by atoms with Gasteiger partial charge in [0, 0.05) is 17.9 Å². The molecule has 2 aromatic rings. The van der Waals surface area contributed by atoms with Crippen LogP contribution in [0.4, 0.5) is 11.4 Å². The Kier molecular flexibility index (Phi) is 2.10. The van der Waals surface area contributed by atoms with E-state index in [0.717, 1.165) is 13.0 Å². The van der Waals surface area contributed by atoms with E-state index in [9.17, 15) is 0 Å². The van der Waals surface area contributed by atoms with Crippen molar-refractivity contribution in [3.05, 3.63) is 66.2 Å². The summed E-state index contributed by atoms with van der Waals surface area (Å²) in [7, 11) is 0. The predicted octanol–water partition coefficient (Wildman–Crippen LogP) is 3.38. The average molecular weight is 235 g/mol. The van der Waals surface area contributed by atoms with Crippen molar-refractivity contribution in [3.63, 3.8) is 0 Å². The molecule has 0 saturated heterocycles. The zero-order chi connectivity index (χ0) is 11.9. The summed E-state index contributed by atoms with van der Waals surface area (Å²) in [6.45, 7) is 3.31. The molecule has 2 aliphatic heterocycles. The van der Waals surface area contributed by atoms with Crippen molar-refractivity contribution < 1.29 is 0 Å². The van der Waals surface area contributed by atoms with Crippen LogP contribution in [-0.4, -0.2) is 6.54 Å². The van der Waals surface area contributed by atoms with Gasteiger partial charge in [0.25, 0.3) is 0 Å². The average Bonchev–Trinajstić information content (AvgIpc) is 3.01. The van der Waals surface area contributed by atoms with Crippen molar-refractivity contribution in [2.75, 3.05) is 16.8 Å². The zero-order valence-electron chi connectivity index (χ0n) is 10.1. The minimum Gasteiger partial charge on any atom is -0.377 e. The zero-order valence-corrected chi connectivity index (χ0v) is 10.1. The molecule has 0 spiro atoms. The van der Waals surface area contributed by atoms with Crippen LogP contribution in [0.3, 0.4) is 0 Å². The van der Waals surface area contributed by atoms with Gasteiger partial charge in [0.05, 0.1) is 12.6 Å². The highest BCUT2D eigenvalue weighted by molar-refractivity contribution is 5.67. The first-order chi connectivity index (χ1) is 8.93. The third-order valence-electron chi connectivity index (χ3n) is 3.94. The van der Waals surface area contributed by atoms with E-state index in [1.807, 2.05) is 0 Å². The van der Waals surface area contributed by atoms with Crippen molar-refractivity contribution >= 4 is 11.4 Å². The van der Waals surface area contributed by atoms with Gasteiger partial charge in [-0.1, -0.05) is 36.4 Å². The van der Waals surface area contributed by atoms with Crippen molar-refractivity contribution in [1.29, 1.82) is 0 Å². The van der Waals surface area contributed by atoms with Crippen LogP contribution in [0.2, 0.25) is 0 Å². The number of rotatable bonds is 1. The number of benzene rings is 2. The number of hydrogen-bond donors (Lipinski definition) is 1. The number of anilines is 2. The van der Waals surface area contributed by atoms with Gasteiger partial charge in [0.15, 0.2) is 0 Å². The number of nitrogens with one attached hydrogen (secondary N) is 1. The van der Waals surface area contributed by atoms with Crippen molar-refractivity contribution in [1.82, 2.24) is 0 Å². The highest BCUT2D eigenvalue weighted by Crippen LogP contribution is 2.41. The maximum atomic E-state index is 3.39. The lowest BCUT2D eigenvalue weighted by atomic mass is 10.1. The molecule has 2 heterocycles. The minimum absolute atomic E-state index is 0.366. The molecule has 0 saturated carbocycles. The maximum Gasteiger partial charge on any atom is 0.0784 e. The molecule has 0 amide bonds. The quantitative estimate of drug-likeness (QED) is 0.815. The number of nitrogens with zero attached hydrogens (tertiary/aromatic N) is 1. The van der Waals surface area contributed by atoms with E-state index in [4.69, 9.17) is 0 Å². The Balaban J connectivity index is 1.75. The lowest BCUT2D eigenvalue weighted by Crippen LogP contribution is -2.25. The first kappa shape index (κ1) is 10.0. The Morgan fingerprint density at radius 3 is 2.83 bits per heavy atom. The lowest BCUT2D eigenvalue weighted by Gasteiger charge is -2.26. The summed E-state index contributed by atoms with van der Waals surface area (Å²) in [6, 6.07) is 17.7. The summed E-state index contributed by atoms with van der Waals surface area (Å²) in [6.07, 6.45) is 1.16. The van der Waals surface area contributed by atoms with Crippen LogP contribution in [0.5, 0.6) is 0 Å². The van der Waals surface area contributed by atoms with E-state index < -0.39 is 0 Å². The largest absolute Gasteiger partial charge is 0.377 e. The topological polar surface area (TPSA) is 15.3 Å². The summed E-state index contributed by atoms with van der Waals surface area (Å²) >= 11 is 0. The molecular formula is C16H15N2. The molecule has 0 aliphatic carbocycles. The summed E-state index contributed by atoms with van der Waals surface area (Å²) in [4.78, 5) is 2.49. The van der Waals surface area contributed by atoms with Gasteiger partial charge in [-0.15, -0.1) is 0 Å². The van der Waals surface area contributed by atoms with Crippen LogP contribution in [0.15, 0.2) is 48.5 Å². The third-order valence-corrected chi connectivity index (χ3v) is 3.94. The SMILES string of the molecule is [CH]1Nc2ccccc2C1N1CCc2ccccc21. The second-order valence-electron chi connectivity index (χ2n) is 4.92. The molecule has 18 heavy (non-hydrogen) atoms.